The van der Waals surface area contributed by atoms with E-state index in [-0.39, 0.29) is 38.7 Å². The minimum atomic E-state index is -3.96. The van der Waals surface area contributed by atoms with Crippen molar-refractivity contribution < 1.29 is 27.5 Å². The number of hydrogen-bond donors (Lipinski definition) is 1. The van der Waals surface area contributed by atoms with Gasteiger partial charge in [-0.2, -0.15) is 0 Å². The monoisotopic (exact) mass is 469 g/mol. The van der Waals surface area contributed by atoms with E-state index in [9.17, 15) is 22.8 Å². The highest BCUT2D eigenvalue weighted by Crippen LogP contribution is 2.35. The second kappa shape index (κ2) is 8.33. The molecule has 0 bridgehead atoms. The van der Waals surface area contributed by atoms with E-state index in [1.54, 1.807) is 25.1 Å². The van der Waals surface area contributed by atoms with Gasteiger partial charge in [0.05, 0.1) is 22.0 Å². The Kier molecular flexibility index (Phi) is 5.70. The lowest BCUT2D eigenvalue weighted by molar-refractivity contribution is 0.0528. The van der Waals surface area contributed by atoms with Gasteiger partial charge in [-0.15, -0.1) is 11.3 Å². The second-order valence-electron chi connectivity index (χ2n) is 7.02. The molecule has 2 aromatic carbocycles. The van der Waals surface area contributed by atoms with Crippen LogP contribution >= 0.6 is 11.3 Å². The number of nitrogens with one attached hydrogen (secondary N) is 1. The third-order valence-corrected chi connectivity index (χ3v) is 8.10. The number of carbonyl (C=O) groups is 3. The molecule has 0 saturated heterocycles. The maximum Gasteiger partial charge on any atom is 0.341 e. The number of benzene rings is 2. The van der Waals surface area contributed by atoms with Gasteiger partial charge in [-0.25, -0.2) is 13.2 Å². The molecule has 0 aliphatic carbocycles. The Morgan fingerprint density at radius 3 is 2.44 bits per heavy atom. The maximum atomic E-state index is 13.1. The number of fused-ring (bicyclic) bond motifs is 2. The SMILES string of the molecule is CCOC(=O)c1cc(CC)sc1NC(=O)c1ccc2c(c1)S(=O)(=O)c1ccccc1C2=O. The van der Waals surface area contributed by atoms with Crippen LogP contribution in [0.5, 0.6) is 0 Å². The number of amides is 1. The van der Waals surface area contributed by atoms with Crippen LogP contribution in [0.1, 0.15) is 55.4 Å². The van der Waals surface area contributed by atoms with Gasteiger partial charge in [0.15, 0.2) is 5.78 Å². The van der Waals surface area contributed by atoms with Crippen molar-refractivity contribution in [3.05, 3.63) is 75.7 Å². The predicted molar refractivity (Wildman–Crippen MR) is 119 cm³/mol. The number of sulfone groups is 1. The summed E-state index contributed by atoms with van der Waals surface area (Å²) in [5.41, 5.74) is 0.441. The van der Waals surface area contributed by atoms with E-state index < -0.39 is 27.5 Å². The van der Waals surface area contributed by atoms with Gasteiger partial charge in [0.25, 0.3) is 5.91 Å². The molecule has 4 rings (SSSR count). The van der Waals surface area contributed by atoms with Crippen molar-refractivity contribution >= 4 is 43.8 Å². The molecule has 0 atom stereocenters. The molecule has 32 heavy (non-hydrogen) atoms. The minimum absolute atomic E-state index is 0.0249. The number of ether oxygens (including phenoxy) is 1. The van der Waals surface area contributed by atoms with Crippen molar-refractivity contribution in [1.29, 1.82) is 0 Å². The number of hydrogen-bond acceptors (Lipinski definition) is 7. The van der Waals surface area contributed by atoms with E-state index >= 15 is 0 Å². The minimum Gasteiger partial charge on any atom is -0.462 e. The van der Waals surface area contributed by atoms with Crippen LogP contribution in [0.25, 0.3) is 0 Å². The third-order valence-electron chi connectivity index (χ3n) is 5.05. The molecule has 0 radical (unpaired) electrons. The third kappa shape index (κ3) is 3.63. The summed E-state index contributed by atoms with van der Waals surface area (Å²) in [6.07, 6.45) is 0.672. The first-order valence-corrected chi connectivity index (χ1v) is 12.2. The number of rotatable bonds is 5. The smallest absolute Gasteiger partial charge is 0.341 e. The molecule has 0 unspecified atom stereocenters. The fourth-order valence-electron chi connectivity index (χ4n) is 3.47. The zero-order valence-corrected chi connectivity index (χ0v) is 18.9. The van der Waals surface area contributed by atoms with Crippen LogP contribution in [-0.2, 0) is 21.0 Å². The molecule has 0 saturated carbocycles. The van der Waals surface area contributed by atoms with Gasteiger partial charge in [-0.05, 0) is 49.7 Å². The van der Waals surface area contributed by atoms with Crippen LogP contribution < -0.4 is 5.32 Å². The Morgan fingerprint density at radius 2 is 1.72 bits per heavy atom. The van der Waals surface area contributed by atoms with E-state index in [0.29, 0.717) is 11.4 Å². The molecule has 1 aromatic heterocycles. The highest BCUT2D eigenvalue weighted by Gasteiger charge is 2.35. The van der Waals surface area contributed by atoms with E-state index in [1.165, 1.54) is 41.7 Å². The molecule has 2 heterocycles. The Morgan fingerprint density at radius 1 is 1.00 bits per heavy atom. The van der Waals surface area contributed by atoms with Crippen molar-refractivity contribution in [3.63, 3.8) is 0 Å². The van der Waals surface area contributed by atoms with Crippen molar-refractivity contribution in [2.45, 2.75) is 30.1 Å². The van der Waals surface area contributed by atoms with Gasteiger partial charge < -0.3 is 10.1 Å². The van der Waals surface area contributed by atoms with Gasteiger partial charge in [0.2, 0.25) is 9.84 Å². The number of aryl methyl sites for hydroxylation is 1. The summed E-state index contributed by atoms with van der Waals surface area (Å²) in [6, 6.07) is 11.6. The standard InChI is InChI=1S/C23H19NO6S2/c1-3-14-12-17(23(27)30-4-2)22(31-14)24-21(26)13-9-10-16-19(11-13)32(28,29)18-8-6-5-7-15(18)20(16)25/h5-12H,3-4H2,1-2H3,(H,24,26). The molecular weight excluding hydrogens is 450 g/mol. The summed E-state index contributed by atoms with van der Waals surface area (Å²) in [5.74, 6) is -1.55. The highest BCUT2D eigenvalue weighted by molar-refractivity contribution is 7.91. The summed E-state index contributed by atoms with van der Waals surface area (Å²) in [6.45, 7) is 3.81. The largest absolute Gasteiger partial charge is 0.462 e. The summed E-state index contributed by atoms with van der Waals surface area (Å²) in [7, 11) is -3.96. The maximum absolute atomic E-state index is 13.1. The molecule has 164 valence electrons. The highest BCUT2D eigenvalue weighted by atomic mass is 32.2. The fraction of sp³-hybridized carbons (Fsp3) is 0.174. The summed E-state index contributed by atoms with van der Waals surface area (Å²) < 4.78 is 31.2. The average Bonchev–Trinajstić information content (AvgIpc) is 3.20. The fourth-order valence-corrected chi connectivity index (χ4v) is 6.13. The first kappa shape index (κ1) is 21.9. The van der Waals surface area contributed by atoms with Crippen LogP contribution in [0.2, 0.25) is 0 Å². The first-order valence-electron chi connectivity index (χ1n) is 9.92. The normalized spacial score (nSPS) is 13.8. The lowest BCUT2D eigenvalue weighted by Crippen LogP contribution is -2.21. The van der Waals surface area contributed by atoms with Crippen LogP contribution in [0.15, 0.2) is 58.3 Å². The van der Waals surface area contributed by atoms with Crippen molar-refractivity contribution in [2.75, 3.05) is 11.9 Å². The van der Waals surface area contributed by atoms with E-state index in [0.717, 1.165) is 4.88 Å². The second-order valence-corrected chi connectivity index (χ2v) is 10.0. The molecule has 1 N–H and O–H groups in total. The number of esters is 1. The Bertz CT molecular complexity index is 1370. The van der Waals surface area contributed by atoms with Gasteiger partial charge in [-0.1, -0.05) is 19.1 Å². The molecular formula is C23H19NO6S2. The number of ketones is 1. The quantitative estimate of drug-likeness (QED) is 0.441. The van der Waals surface area contributed by atoms with E-state index in [2.05, 4.69) is 5.32 Å². The lowest BCUT2D eigenvalue weighted by atomic mass is 10.0. The number of anilines is 1. The zero-order chi connectivity index (χ0) is 23.0. The van der Waals surface area contributed by atoms with E-state index in [1.807, 2.05) is 6.92 Å². The molecule has 9 heteroatoms. The summed E-state index contributed by atoms with van der Waals surface area (Å²) >= 11 is 1.25. The van der Waals surface area contributed by atoms with Crippen LogP contribution in [0, 0.1) is 0 Å². The van der Waals surface area contributed by atoms with Crippen molar-refractivity contribution in [1.82, 2.24) is 0 Å². The topological polar surface area (TPSA) is 107 Å². The van der Waals surface area contributed by atoms with Gasteiger partial charge in [-0.3, -0.25) is 9.59 Å². The van der Waals surface area contributed by atoms with Gasteiger partial charge >= 0.3 is 5.97 Å². The predicted octanol–water partition coefficient (Wildman–Crippen LogP) is 4.12. The molecule has 1 aliphatic rings. The Hall–Kier alpha value is -3.30. The Balaban J connectivity index is 1.71. The summed E-state index contributed by atoms with van der Waals surface area (Å²) in [5, 5.41) is 3.01. The van der Waals surface area contributed by atoms with Crippen LogP contribution in [0.4, 0.5) is 5.00 Å². The van der Waals surface area contributed by atoms with Crippen LogP contribution in [0.3, 0.4) is 0 Å². The van der Waals surface area contributed by atoms with Gasteiger partial charge in [0.1, 0.15) is 5.00 Å². The van der Waals surface area contributed by atoms with Gasteiger partial charge in [0, 0.05) is 21.6 Å². The number of carbonyl (C=O) groups excluding carboxylic acids is 3. The first-order chi connectivity index (χ1) is 15.3. The molecule has 0 fully saturated rings. The Labute approximate surface area is 189 Å². The zero-order valence-electron chi connectivity index (χ0n) is 17.3. The number of thiophene rings is 1. The van der Waals surface area contributed by atoms with Crippen molar-refractivity contribution in [3.8, 4) is 0 Å². The lowest BCUT2D eigenvalue weighted by Gasteiger charge is -2.19. The van der Waals surface area contributed by atoms with Crippen LogP contribution in [-0.4, -0.2) is 32.7 Å². The van der Waals surface area contributed by atoms with Crippen molar-refractivity contribution in [2.24, 2.45) is 0 Å². The van der Waals surface area contributed by atoms with E-state index in [4.69, 9.17) is 4.74 Å². The molecule has 1 aliphatic heterocycles. The average molecular weight is 470 g/mol. The molecule has 3 aromatic rings. The summed E-state index contributed by atoms with van der Waals surface area (Å²) in [4.78, 5) is 38.6. The molecule has 1 amide bonds. The molecule has 0 spiro atoms. The molecule has 7 nitrogen and oxygen atoms in total.